The minimum absolute atomic E-state index is 0.270. The third-order valence-corrected chi connectivity index (χ3v) is 20.1. The first-order valence-electron chi connectivity index (χ1n) is 16.1. The zero-order chi connectivity index (χ0) is 34.2. The van der Waals surface area contributed by atoms with Crippen molar-refractivity contribution in [3.8, 4) is 0 Å². The van der Waals surface area contributed by atoms with Crippen molar-refractivity contribution in [2.75, 3.05) is 31.3 Å². The Morgan fingerprint density at radius 3 is 2.06 bits per heavy atom. The Balaban J connectivity index is 1.37. The lowest BCUT2D eigenvalue weighted by Crippen LogP contribution is -2.81. The fraction of sp³-hybridized carbons (Fsp3) is 0.500. The summed E-state index contributed by atoms with van der Waals surface area (Å²) in [4.78, 5) is 63.0. The number of fused-ring (bicyclic) bond motifs is 7. The van der Waals surface area contributed by atoms with Gasteiger partial charge in [0.25, 0.3) is 29.4 Å². The monoisotopic (exact) mass is 740 g/mol. The van der Waals surface area contributed by atoms with Gasteiger partial charge in [-0.1, -0.05) is 50.2 Å². The lowest BCUT2D eigenvalue weighted by molar-refractivity contribution is -0.263. The molecule has 17 heteroatoms. The molecule has 0 aromatic heterocycles. The van der Waals surface area contributed by atoms with E-state index < -0.39 is 75.3 Å². The summed E-state index contributed by atoms with van der Waals surface area (Å²) >= 11 is 0. The van der Waals surface area contributed by atoms with Gasteiger partial charge in [0.05, 0.1) is 17.4 Å². The van der Waals surface area contributed by atoms with E-state index in [1.165, 1.54) is 53.2 Å². The van der Waals surface area contributed by atoms with Crippen LogP contribution < -0.4 is 10.6 Å². The molecule has 7 saturated heterocycles. The lowest BCUT2D eigenvalue weighted by atomic mass is 9.50. The van der Waals surface area contributed by atoms with Gasteiger partial charge in [0.2, 0.25) is 4.87 Å². The maximum Gasteiger partial charge on any atom is 0.279 e. The fourth-order valence-corrected chi connectivity index (χ4v) is 18.8. The Labute approximate surface area is 296 Å². The van der Waals surface area contributed by atoms with E-state index in [0.717, 1.165) is 4.90 Å². The zero-order valence-corrected chi connectivity index (χ0v) is 29.9. The number of ether oxygens (including phenoxy) is 1. The van der Waals surface area contributed by atoms with Crippen LogP contribution in [0, 0.1) is 5.92 Å². The number of benzene rings is 2. The highest BCUT2D eigenvalue weighted by Gasteiger charge is 2.95. The van der Waals surface area contributed by atoms with Gasteiger partial charge in [-0.15, -0.1) is 0 Å². The van der Waals surface area contributed by atoms with Crippen LogP contribution >= 0.6 is 41.2 Å². The Morgan fingerprint density at radius 2 is 1.43 bits per heavy atom. The van der Waals surface area contributed by atoms with Crippen LogP contribution in [0.5, 0.6) is 0 Å². The van der Waals surface area contributed by atoms with E-state index in [1.54, 1.807) is 16.8 Å². The molecule has 3 unspecified atom stereocenters. The van der Waals surface area contributed by atoms with E-state index in [2.05, 4.69) is 10.6 Å². The molecule has 2 aromatic rings. The molecule has 4 amide bonds. The number of nitrogens with one attached hydrogen (secondary N) is 2. The van der Waals surface area contributed by atoms with Gasteiger partial charge in [-0.2, -0.15) is 0 Å². The van der Waals surface area contributed by atoms with Gasteiger partial charge in [-0.05, 0) is 70.4 Å². The molecule has 13 nitrogen and oxygen atoms in total. The van der Waals surface area contributed by atoms with Crippen LogP contribution in [0.4, 0.5) is 11.4 Å². The van der Waals surface area contributed by atoms with Crippen LogP contribution in [0.25, 0.3) is 0 Å². The molecule has 9 aliphatic heterocycles. The van der Waals surface area contributed by atoms with Crippen molar-refractivity contribution in [1.29, 1.82) is 0 Å². The number of amides is 4. The van der Waals surface area contributed by atoms with E-state index >= 15 is 9.59 Å². The van der Waals surface area contributed by atoms with Crippen molar-refractivity contribution < 1.29 is 34.1 Å². The van der Waals surface area contributed by atoms with Crippen LogP contribution in [0.1, 0.15) is 25.0 Å². The SMILES string of the molecule is CC(C)C12SSSS[C@]3(C(=O)N1C)[C@H]1O[C@@]45C(=O)N(C)[C@@H](CO)C(=O)N4[C@@H]4Nc6ccccc6C4([C@@H]5O)C14c1ccccc1N[C@@H]4N3C2=O. The number of carbonyl (C=O) groups is 4. The Morgan fingerprint density at radius 1 is 0.837 bits per heavy atom. The van der Waals surface area contributed by atoms with Crippen molar-refractivity contribution in [3.63, 3.8) is 0 Å². The molecule has 256 valence electrons. The molecular weight excluding hydrogens is 709 g/mol. The van der Waals surface area contributed by atoms with Crippen molar-refractivity contribution in [2.45, 2.75) is 70.7 Å². The average molecular weight is 741 g/mol. The molecule has 9 aliphatic rings. The van der Waals surface area contributed by atoms with Crippen molar-refractivity contribution in [3.05, 3.63) is 59.7 Å². The smallest absolute Gasteiger partial charge is 0.279 e. The molecule has 10 atom stereocenters. The number of nitrogens with zero attached hydrogens (tertiary/aromatic N) is 4. The summed E-state index contributed by atoms with van der Waals surface area (Å²) < 4.78 is 7.21. The highest BCUT2D eigenvalue weighted by atomic mass is 33.7. The van der Waals surface area contributed by atoms with Gasteiger partial charge in [0.15, 0.2) is 4.87 Å². The number of hydrogen-bond donors (Lipinski definition) is 4. The van der Waals surface area contributed by atoms with Crippen molar-refractivity contribution in [2.24, 2.45) is 5.92 Å². The van der Waals surface area contributed by atoms with E-state index in [9.17, 15) is 19.8 Å². The number of likely N-dealkylation sites (N-methyl/N-ethyl adjacent to an activating group) is 2. The van der Waals surface area contributed by atoms with Crippen LogP contribution in [0.3, 0.4) is 0 Å². The molecule has 4 N–H and O–H groups in total. The standard InChI is InChI=1S/C32H32N6O7S4/c1-14(2)31-27(44)38-24-29(16-10-6-8-12-18(16)34-24)22(32(38,26(43)36(31)4)47-49-48-46-31)45-30-21(41)28(29)15-9-5-7-11-17(15)33-23(28)37(30)20(40)19(13-39)35(3)25(30)42/h5-12,14,19,21-24,33-34,39,41H,13H2,1-4H3/t19-,21-,22-,23-,24+,28?,29?,30-,31?,32-/m0/s1. The first-order valence-corrected chi connectivity index (χ1v) is 20.9. The summed E-state index contributed by atoms with van der Waals surface area (Å²) in [6.45, 7) is 3.23. The molecular formula is C32H32N6O7S4. The second-order valence-corrected chi connectivity index (χ2v) is 20.3. The molecule has 7 fully saturated rings. The second-order valence-electron chi connectivity index (χ2n) is 14.2. The summed E-state index contributed by atoms with van der Waals surface area (Å²) in [7, 11) is 8.45. The van der Waals surface area contributed by atoms with Crippen LogP contribution in [0.2, 0.25) is 0 Å². The van der Waals surface area contributed by atoms with Gasteiger partial charge in [-0.3, -0.25) is 29.0 Å². The summed E-state index contributed by atoms with van der Waals surface area (Å²) in [6.07, 6.45) is -4.89. The predicted octanol–water partition coefficient (Wildman–Crippen LogP) is 1.55. The quantitative estimate of drug-likeness (QED) is 0.330. The van der Waals surface area contributed by atoms with Gasteiger partial charge >= 0.3 is 0 Å². The second kappa shape index (κ2) is 9.35. The zero-order valence-electron chi connectivity index (χ0n) is 26.6. The number of anilines is 2. The number of carbonyl (C=O) groups excluding carboxylic acids is 4. The van der Waals surface area contributed by atoms with Crippen molar-refractivity contribution >= 4 is 76.2 Å². The van der Waals surface area contributed by atoms with Gasteiger partial charge in [-0.25, -0.2) is 0 Å². The topological polar surface area (TPSA) is 155 Å². The highest BCUT2D eigenvalue weighted by molar-refractivity contribution is 9.26. The van der Waals surface area contributed by atoms with E-state index in [1.807, 2.05) is 62.4 Å². The maximum atomic E-state index is 15.5. The minimum Gasteiger partial charge on any atom is -0.394 e. The summed E-state index contributed by atoms with van der Waals surface area (Å²) in [5.41, 5.74) is -2.51. The molecule has 0 aliphatic carbocycles. The third-order valence-electron chi connectivity index (χ3n) is 12.5. The Bertz CT molecular complexity index is 1940. The van der Waals surface area contributed by atoms with Gasteiger partial charge in [0, 0.05) is 25.5 Å². The van der Waals surface area contributed by atoms with Crippen LogP contribution in [-0.4, -0.2) is 120 Å². The number of aliphatic hydroxyl groups excluding tert-OH is 2. The molecule has 11 rings (SSSR count). The van der Waals surface area contributed by atoms with Gasteiger partial charge < -0.3 is 35.4 Å². The average Bonchev–Trinajstić information content (AvgIpc) is 3.71. The number of piperazine rings is 2. The maximum absolute atomic E-state index is 15.5. The molecule has 4 spiro atoms. The van der Waals surface area contributed by atoms with E-state index in [0.29, 0.717) is 22.5 Å². The van der Waals surface area contributed by atoms with Crippen LogP contribution in [-0.2, 0) is 34.7 Å². The third kappa shape index (κ3) is 2.78. The number of hydrogen-bond acceptors (Lipinski definition) is 13. The lowest BCUT2D eigenvalue weighted by Gasteiger charge is -2.59. The fourth-order valence-electron chi connectivity index (χ4n) is 10.7. The normalized spacial score (nSPS) is 43.7. The largest absolute Gasteiger partial charge is 0.394 e. The number of para-hydroxylation sites is 2. The van der Waals surface area contributed by atoms with E-state index in [-0.39, 0.29) is 17.7 Å². The molecule has 4 bridgehead atoms. The van der Waals surface area contributed by atoms with Crippen LogP contribution in [0.15, 0.2) is 48.5 Å². The van der Waals surface area contributed by atoms with Gasteiger partial charge in [0.1, 0.15) is 30.6 Å². The molecule has 2 aromatic carbocycles. The number of rotatable bonds is 2. The molecule has 0 radical (unpaired) electrons. The predicted molar refractivity (Wildman–Crippen MR) is 185 cm³/mol. The minimum atomic E-state index is -2.28. The summed E-state index contributed by atoms with van der Waals surface area (Å²) in [6, 6.07) is 13.8. The first-order chi connectivity index (χ1) is 23.5. The molecule has 49 heavy (non-hydrogen) atoms. The summed E-state index contributed by atoms with van der Waals surface area (Å²) in [5, 5.41) is 30.8. The first kappa shape index (κ1) is 31.0. The highest BCUT2D eigenvalue weighted by Crippen LogP contribution is 2.79. The molecule has 9 heterocycles. The number of aliphatic hydroxyl groups is 2. The Kier molecular flexibility index (Phi) is 5.91. The molecule has 0 saturated carbocycles. The summed E-state index contributed by atoms with van der Waals surface area (Å²) in [5.74, 6) is -2.21. The van der Waals surface area contributed by atoms with Crippen molar-refractivity contribution in [1.82, 2.24) is 19.6 Å². The Hall–Kier alpha value is -2.80. The van der Waals surface area contributed by atoms with E-state index in [4.69, 9.17) is 4.74 Å².